The maximum Gasteiger partial charge on any atom is 0.255 e. The number of hydrogen-bond donors (Lipinski definition) is 1. The Balaban J connectivity index is 0.00000156. The number of amides is 1. The molecule has 0 saturated carbocycles. The first-order valence-electron chi connectivity index (χ1n) is 8.03. The lowest BCUT2D eigenvalue weighted by Crippen LogP contribution is -2.49. The van der Waals surface area contributed by atoms with Crippen molar-refractivity contribution in [2.45, 2.75) is 12.5 Å². The van der Waals surface area contributed by atoms with E-state index in [-0.39, 0.29) is 18.3 Å². The summed E-state index contributed by atoms with van der Waals surface area (Å²) < 4.78 is 1.20. The van der Waals surface area contributed by atoms with Gasteiger partial charge in [-0.15, -0.1) is 23.7 Å². The predicted octanol–water partition coefficient (Wildman–Crippen LogP) is 2.44. The van der Waals surface area contributed by atoms with Crippen molar-refractivity contribution in [3.63, 3.8) is 0 Å². The highest BCUT2D eigenvalue weighted by molar-refractivity contribution is 7.17. The van der Waals surface area contributed by atoms with Crippen LogP contribution in [-0.4, -0.2) is 61.0 Å². The van der Waals surface area contributed by atoms with Gasteiger partial charge in [0.1, 0.15) is 0 Å². The van der Waals surface area contributed by atoms with E-state index in [0.717, 1.165) is 56.6 Å². The largest absolute Gasteiger partial charge is 0.337 e. The summed E-state index contributed by atoms with van der Waals surface area (Å²) in [6.45, 7) is 6.11. The molecule has 124 valence electrons. The summed E-state index contributed by atoms with van der Waals surface area (Å²) >= 11 is 1.66. The van der Waals surface area contributed by atoms with Gasteiger partial charge < -0.3 is 10.2 Å². The second kappa shape index (κ2) is 7.18. The average Bonchev–Trinajstić information content (AvgIpc) is 3.22. The second-order valence-electron chi connectivity index (χ2n) is 6.13. The van der Waals surface area contributed by atoms with Gasteiger partial charge in [-0.05, 0) is 12.5 Å². The molecule has 4 nitrogen and oxygen atoms in total. The van der Waals surface area contributed by atoms with E-state index < -0.39 is 0 Å². The molecule has 2 saturated heterocycles. The molecule has 1 unspecified atom stereocenters. The lowest BCUT2D eigenvalue weighted by Gasteiger charge is -2.32. The fourth-order valence-corrected chi connectivity index (χ4v) is 4.52. The van der Waals surface area contributed by atoms with Gasteiger partial charge >= 0.3 is 0 Å². The number of fused-ring (bicyclic) bond motifs is 1. The summed E-state index contributed by atoms with van der Waals surface area (Å²) in [6, 6.07) is 8.73. The van der Waals surface area contributed by atoms with Gasteiger partial charge in [-0.3, -0.25) is 9.69 Å². The quantitative estimate of drug-likeness (QED) is 0.902. The molecule has 3 heterocycles. The van der Waals surface area contributed by atoms with E-state index in [9.17, 15) is 4.79 Å². The van der Waals surface area contributed by atoms with Crippen molar-refractivity contribution in [2.75, 3.05) is 39.3 Å². The molecule has 0 spiro atoms. The lowest BCUT2D eigenvalue weighted by molar-refractivity contribution is 0.0776. The first kappa shape index (κ1) is 16.7. The van der Waals surface area contributed by atoms with Crippen LogP contribution >= 0.6 is 23.7 Å². The number of halogens is 1. The number of nitrogens with one attached hydrogen (secondary N) is 1. The van der Waals surface area contributed by atoms with Gasteiger partial charge in [0.25, 0.3) is 5.91 Å². The van der Waals surface area contributed by atoms with Crippen LogP contribution in [0.1, 0.15) is 16.8 Å². The molecule has 1 N–H and O–H groups in total. The fourth-order valence-electron chi connectivity index (χ4n) is 3.59. The van der Waals surface area contributed by atoms with Crippen LogP contribution in [-0.2, 0) is 0 Å². The van der Waals surface area contributed by atoms with Crippen molar-refractivity contribution in [3.05, 3.63) is 35.2 Å². The second-order valence-corrected chi connectivity index (χ2v) is 7.04. The number of benzene rings is 1. The molecule has 2 aliphatic heterocycles. The predicted molar refractivity (Wildman–Crippen MR) is 97.8 cm³/mol. The zero-order valence-corrected chi connectivity index (χ0v) is 14.7. The van der Waals surface area contributed by atoms with Gasteiger partial charge in [-0.1, -0.05) is 18.2 Å². The molecule has 0 bridgehead atoms. The van der Waals surface area contributed by atoms with E-state index >= 15 is 0 Å². The molecule has 4 rings (SSSR count). The summed E-state index contributed by atoms with van der Waals surface area (Å²) in [4.78, 5) is 17.4. The number of rotatable bonds is 2. The standard InChI is InChI=1S/C17H21N3OS.ClH/c21-17(15-12-22-16-4-2-1-3-14(15)16)20-8-5-13(11-20)19-9-6-18-7-10-19;/h1-4,12-13,18H,5-11H2;1H. The minimum absolute atomic E-state index is 0. The Bertz CT molecular complexity index is 683. The van der Waals surface area contributed by atoms with Crippen LogP contribution in [0.5, 0.6) is 0 Å². The average molecular weight is 352 g/mol. The van der Waals surface area contributed by atoms with Gasteiger partial charge in [0, 0.05) is 60.8 Å². The van der Waals surface area contributed by atoms with Crippen molar-refractivity contribution >= 4 is 39.7 Å². The van der Waals surface area contributed by atoms with Crippen molar-refractivity contribution in [3.8, 4) is 0 Å². The summed E-state index contributed by atoms with van der Waals surface area (Å²) in [5.41, 5.74) is 0.876. The smallest absolute Gasteiger partial charge is 0.255 e. The zero-order valence-electron chi connectivity index (χ0n) is 13.0. The summed E-state index contributed by atoms with van der Waals surface area (Å²) in [6.07, 6.45) is 1.10. The lowest BCUT2D eigenvalue weighted by atomic mass is 10.1. The van der Waals surface area contributed by atoms with Gasteiger partial charge in [-0.25, -0.2) is 0 Å². The Kier molecular flexibility index (Phi) is 5.21. The molecule has 2 aromatic rings. The number of carbonyl (C=O) groups is 1. The van der Waals surface area contributed by atoms with Gasteiger partial charge in [0.15, 0.2) is 0 Å². The van der Waals surface area contributed by atoms with Crippen molar-refractivity contribution < 1.29 is 4.79 Å². The Morgan fingerprint density at radius 2 is 1.96 bits per heavy atom. The number of likely N-dealkylation sites (tertiary alicyclic amines) is 1. The van der Waals surface area contributed by atoms with Crippen LogP contribution in [0.4, 0.5) is 0 Å². The molecule has 2 fully saturated rings. The normalized spacial score (nSPS) is 22.3. The Hall–Kier alpha value is -1.14. The van der Waals surface area contributed by atoms with Crippen LogP contribution in [0.15, 0.2) is 29.6 Å². The maximum atomic E-state index is 12.9. The van der Waals surface area contributed by atoms with E-state index in [1.807, 2.05) is 22.4 Å². The number of nitrogens with zero attached hydrogens (tertiary/aromatic N) is 2. The highest BCUT2D eigenvalue weighted by Gasteiger charge is 2.32. The van der Waals surface area contributed by atoms with Crippen molar-refractivity contribution in [1.82, 2.24) is 15.1 Å². The molecule has 6 heteroatoms. The summed E-state index contributed by atoms with van der Waals surface area (Å²) in [5.74, 6) is 0.204. The van der Waals surface area contributed by atoms with Gasteiger partial charge in [0.2, 0.25) is 0 Å². The van der Waals surface area contributed by atoms with Crippen LogP contribution < -0.4 is 5.32 Å². The third kappa shape index (κ3) is 3.24. The van der Waals surface area contributed by atoms with E-state index in [0.29, 0.717) is 6.04 Å². The molecule has 0 radical (unpaired) electrons. The molecular formula is C17H22ClN3OS. The molecule has 23 heavy (non-hydrogen) atoms. The van der Waals surface area contributed by atoms with Crippen LogP contribution in [0.3, 0.4) is 0 Å². The van der Waals surface area contributed by atoms with Crippen molar-refractivity contribution in [2.24, 2.45) is 0 Å². The first-order valence-corrected chi connectivity index (χ1v) is 8.91. The fraction of sp³-hybridized carbons (Fsp3) is 0.471. The first-order chi connectivity index (χ1) is 10.8. The molecular weight excluding hydrogens is 330 g/mol. The minimum atomic E-state index is 0. The zero-order chi connectivity index (χ0) is 14.9. The number of hydrogen-bond acceptors (Lipinski definition) is 4. The molecule has 1 aromatic carbocycles. The molecule has 0 aliphatic carbocycles. The minimum Gasteiger partial charge on any atom is -0.337 e. The summed E-state index contributed by atoms with van der Waals surface area (Å²) in [5, 5.41) is 6.51. The van der Waals surface area contributed by atoms with Crippen molar-refractivity contribution in [1.29, 1.82) is 0 Å². The number of piperazine rings is 1. The molecule has 1 amide bonds. The van der Waals surface area contributed by atoms with Crippen LogP contribution in [0, 0.1) is 0 Å². The highest BCUT2D eigenvalue weighted by atomic mass is 35.5. The third-order valence-electron chi connectivity index (χ3n) is 4.83. The highest BCUT2D eigenvalue weighted by Crippen LogP contribution is 2.28. The Morgan fingerprint density at radius 3 is 2.78 bits per heavy atom. The SMILES string of the molecule is Cl.O=C(c1csc2ccccc12)N1CCC(N2CCNCC2)C1. The number of carbonyl (C=O) groups excluding carboxylic acids is 1. The Labute approximate surface area is 146 Å². The monoisotopic (exact) mass is 351 g/mol. The van der Waals surface area contributed by atoms with E-state index in [1.165, 1.54) is 4.70 Å². The van der Waals surface area contributed by atoms with E-state index in [4.69, 9.17) is 0 Å². The third-order valence-corrected chi connectivity index (χ3v) is 5.79. The van der Waals surface area contributed by atoms with E-state index in [1.54, 1.807) is 11.3 Å². The molecule has 1 atom stereocenters. The topological polar surface area (TPSA) is 35.6 Å². The molecule has 2 aliphatic rings. The number of thiophene rings is 1. The van der Waals surface area contributed by atoms with E-state index in [2.05, 4.69) is 22.3 Å². The maximum absolute atomic E-state index is 12.9. The van der Waals surface area contributed by atoms with Crippen LogP contribution in [0.2, 0.25) is 0 Å². The van der Waals surface area contributed by atoms with Gasteiger partial charge in [-0.2, -0.15) is 0 Å². The molecule has 1 aromatic heterocycles. The van der Waals surface area contributed by atoms with Crippen LogP contribution in [0.25, 0.3) is 10.1 Å². The van der Waals surface area contributed by atoms with Gasteiger partial charge in [0.05, 0.1) is 5.56 Å². The summed E-state index contributed by atoms with van der Waals surface area (Å²) in [7, 11) is 0. The Morgan fingerprint density at radius 1 is 1.17 bits per heavy atom.